The monoisotopic (exact) mass is 491 g/mol. The van der Waals surface area contributed by atoms with Crippen molar-refractivity contribution in [3.63, 3.8) is 0 Å². The van der Waals surface area contributed by atoms with Gasteiger partial charge in [-0.2, -0.15) is 0 Å². The lowest BCUT2D eigenvalue weighted by molar-refractivity contribution is -0.182. The molecule has 3 saturated carbocycles. The van der Waals surface area contributed by atoms with Gasteiger partial charge in [-0.15, -0.1) is 11.6 Å². The van der Waals surface area contributed by atoms with E-state index in [-0.39, 0.29) is 34.4 Å². The van der Waals surface area contributed by atoms with Crippen molar-refractivity contribution in [1.29, 1.82) is 0 Å². The van der Waals surface area contributed by atoms with Gasteiger partial charge >= 0.3 is 5.63 Å². The first-order valence-corrected chi connectivity index (χ1v) is 13.4. The van der Waals surface area contributed by atoms with Gasteiger partial charge in [0.2, 0.25) is 6.41 Å². The third-order valence-electron chi connectivity index (χ3n) is 10.1. The standard InChI is InChI=1S/C27H38ClNO5/c1-25-10-7-19(34-24(31)29-14-13-28)15-18(25)4-5-22-21(25)8-11-26(2)20(9-12-27(22,26)32)17-3-6-23(30)33-16-17/h3,6,15-16,19-22,24,29,31-32H,4-5,7-14H2,1-2H3/t19-,20+,21?,22?,24?,25-,26+,27-/m0/s1. The van der Waals surface area contributed by atoms with Crippen molar-refractivity contribution >= 4 is 11.6 Å². The van der Waals surface area contributed by atoms with Crippen molar-refractivity contribution in [3.05, 3.63) is 46.0 Å². The molecular formula is C27H38ClNO5. The molecule has 3 unspecified atom stereocenters. The molecule has 0 aliphatic heterocycles. The molecule has 34 heavy (non-hydrogen) atoms. The second kappa shape index (κ2) is 9.04. The Morgan fingerprint density at radius 2 is 2.00 bits per heavy atom. The van der Waals surface area contributed by atoms with E-state index in [2.05, 4.69) is 25.2 Å². The van der Waals surface area contributed by atoms with Crippen LogP contribution in [0, 0.1) is 22.7 Å². The van der Waals surface area contributed by atoms with Crippen molar-refractivity contribution < 1.29 is 19.4 Å². The molecule has 4 aliphatic rings. The fourth-order valence-corrected chi connectivity index (χ4v) is 8.38. The van der Waals surface area contributed by atoms with E-state index in [1.54, 1.807) is 6.26 Å². The van der Waals surface area contributed by atoms with Crippen LogP contribution in [-0.4, -0.2) is 40.8 Å². The van der Waals surface area contributed by atoms with Gasteiger partial charge < -0.3 is 19.4 Å². The van der Waals surface area contributed by atoms with E-state index in [0.717, 1.165) is 56.9 Å². The van der Waals surface area contributed by atoms with E-state index < -0.39 is 12.0 Å². The lowest BCUT2D eigenvalue weighted by Gasteiger charge is -2.62. The van der Waals surface area contributed by atoms with Crippen LogP contribution in [0.5, 0.6) is 0 Å². The van der Waals surface area contributed by atoms with Gasteiger partial charge in [-0.25, -0.2) is 4.79 Å². The van der Waals surface area contributed by atoms with Crippen LogP contribution in [0.25, 0.3) is 0 Å². The number of hydrogen-bond donors (Lipinski definition) is 3. The van der Waals surface area contributed by atoms with Crippen LogP contribution >= 0.6 is 11.6 Å². The van der Waals surface area contributed by atoms with Gasteiger partial charge in [0.15, 0.2) is 0 Å². The van der Waals surface area contributed by atoms with Crippen LogP contribution in [-0.2, 0) is 4.74 Å². The van der Waals surface area contributed by atoms with Crippen LogP contribution in [0.3, 0.4) is 0 Å². The number of fused-ring (bicyclic) bond motifs is 5. The number of allylic oxidation sites excluding steroid dienone is 1. The molecule has 8 atom stereocenters. The molecule has 1 aromatic rings. The molecule has 0 amide bonds. The maximum absolute atomic E-state index is 12.3. The first-order valence-electron chi connectivity index (χ1n) is 12.9. The second-order valence-corrected chi connectivity index (χ2v) is 11.8. The zero-order chi connectivity index (χ0) is 24.1. The normalized spacial score (nSPS) is 42.3. The molecule has 3 fully saturated rings. The molecule has 0 radical (unpaired) electrons. The topological polar surface area (TPSA) is 91.9 Å². The lowest BCUT2D eigenvalue weighted by atomic mass is 9.45. The summed E-state index contributed by atoms with van der Waals surface area (Å²) in [6.45, 7) is 5.15. The second-order valence-electron chi connectivity index (χ2n) is 11.4. The number of halogens is 1. The highest BCUT2D eigenvalue weighted by Crippen LogP contribution is 2.70. The Bertz CT molecular complexity index is 975. The number of hydrogen-bond acceptors (Lipinski definition) is 6. The average Bonchev–Trinajstić information content (AvgIpc) is 3.10. The maximum Gasteiger partial charge on any atom is 0.335 e. The van der Waals surface area contributed by atoms with Gasteiger partial charge in [0.05, 0.1) is 18.0 Å². The molecule has 0 aromatic carbocycles. The van der Waals surface area contributed by atoms with E-state index in [9.17, 15) is 15.0 Å². The number of nitrogens with one attached hydrogen (secondary N) is 1. The first-order chi connectivity index (χ1) is 16.2. The maximum atomic E-state index is 12.3. The predicted molar refractivity (Wildman–Crippen MR) is 130 cm³/mol. The third kappa shape index (κ3) is 3.81. The van der Waals surface area contributed by atoms with Gasteiger partial charge in [-0.05, 0) is 86.2 Å². The number of aliphatic hydroxyl groups is 2. The largest absolute Gasteiger partial charge is 0.431 e. The van der Waals surface area contributed by atoms with Gasteiger partial charge in [0.25, 0.3) is 0 Å². The first kappa shape index (κ1) is 24.5. The van der Waals surface area contributed by atoms with E-state index in [4.69, 9.17) is 20.8 Å². The molecule has 0 saturated heterocycles. The molecule has 5 rings (SSSR count). The highest BCUT2D eigenvalue weighted by molar-refractivity contribution is 6.18. The van der Waals surface area contributed by atoms with Crippen LogP contribution in [0.15, 0.2) is 39.3 Å². The fraction of sp³-hybridized carbons (Fsp3) is 0.741. The fourth-order valence-electron chi connectivity index (χ4n) is 8.27. The average molecular weight is 492 g/mol. The summed E-state index contributed by atoms with van der Waals surface area (Å²) >= 11 is 5.69. The summed E-state index contributed by atoms with van der Waals surface area (Å²) in [7, 11) is 0. The minimum absolute atomic E-state index is 0.0615. The minimum Gasteiger partial charge on any atom is -0.431 e. The Hall–Kier alpha value is -1.18. The Kier molecular flexibility index (Phi) is 6.52. The van der Waals surface area contributed by atoms with Crippen molar-refractivity contribution in [2.75, 3.05) is 12.4 Å². The molecule has 1 heterocycles. The van der Waals surface area contributed by atoms with Crippen LogP contribution in [0.4, 0.5) is 0 Å². The number of alkyl halides is 1. The van der Waals surface area contributed by atoms with Crippen molar-refractivity contribution in [1.82, 2.24) is 5.32 Å². The van der Waals surface area contributed by atoms with Gasteiger partial charge in [-0.1, -0.05) is 25.5 Å². The van der Waals surface area contributed by atoms with Gasteiger partial charge in [0, 0.05) is 23.9 Å². The molecule has 4 aliphatic carbocycles. The highest BCUT2D eigenvalue weighted by Gasteiger charge is 2.66. The zero-order valence-electron chi connectivity index (χ0n) is 20.3. The minimum atomic E-state index is -1.00. The highest BCUT2D eigenvalue weighted by atomic mass is 35.5. The quantitative estimate of drug-likeness (QED) is 0.312. The van der Waals surface area contributed by atoms with E-state index in [0.29, 0.717) is 18.3 Å². The summed E-state index contributed by atoms with van der Waals surface area (Å²) in [4.78, 5) is 11.5. The Morgan fingerprint density at radius 3 is 2.74 bits per heavy atom. The lowest BCUT2D eigenvalue weighted by Crippen LogP contribution is -2.60. The summed E-state index contributed by atoms with van der Waals surface area (Å²) in [5, 5.41) is 25.3. The van der Waals surface area contributed by atoms with Gasteiger partial charge in [0.1, 0.15) is 0 Å². The predicted octanol–water partition coefficient (Wildman–Crippen LogP) is 4.29. The van der Waals surface area contributed by atoms with Crippen molar-refractivity contribution in [2.24, 2.45) is 22.7 Å². The zero-order valence-corrected chi connectivity index (χ0v) is 21.0. The Morgan fingerprint density at radius 1 is 1.18 bits per heavy atom. The summed E-state index contributed by atoms with van der Waals surface area (Å²) in [5.41, 5.74) is 1.28. The smallest absolute Gasteiger partial charge is 0.335 e. The van der Waals surface area contributed by atoms with Crippen LogP contribution in [0.1, 0.15) is 76.7 Å². The third-order valence-corrected chi connectivity index (χ3v) is 10.3. The molecular weight excluding hydrogens is 454 g/mol. The van der Waals surface area contributed by atoms with Crippen molar-refractivity contribution in [3.8, 4) is 0 Å². The Labute approximate surface area is 206 Å². The van der Waals surface area contributed by atoms with Crippen LogP contribution < -0.4 is 10.9 Å². The summed E-state index contributed by atoms with van der Waals surface area (Å²) in [6.07, 6.45) is 10.4. The molecule has 7 heteroatoms. The van der Waals surface area contributed by atoms with Crippen LogP contribution in [0.2, 0.25) is 0 Å². The summed E-state index contributed by atoms with van der Waals surface area (Å²) < 4.78 is 11.0. The molecule has 3 N–H and O–H groups in total. The van der Waals surface area contributed by atoms with Crippen molar-refractivity contribution in [2.45, 2.75) is 89.3 Å². The SMILES string of the molecule is C[C@]12CC[C@H](OC(O)NCCCl)C=C1CCC1C2CC[C@]2(C)[C@@H](c3ccc(=O)oc3)CC[C@]12O. The Balaban J connectivity index is 1.36. The van der Waals surface area contributed by atoms with E-state index in [1.807, 2.05) is 6.07 Å². The number of aliphatic hydroxyl groups excluding tert-OH is 1. The summed E-state index contributed by atoms with van der Waals surface area (Å²) in [6, 6.07) is 3.39. The molecule has 188 valence electrons. The van der Waals surface area contributed by atoms with Gasteiger partial charge in [-0.3, -0.25) is 5.32 Å². The molecule has 0 bridgehead atoms. The van der Waals surface area contributed by atoms with E-state index >= 15 is 0 Å². The molecule has 1 aromatic heterocycles. The number of rotatable bonds is 6. The molecule has 0 spiro atoms. The summed E-state index contributed by atoms with van der Waals surface area (Å²) in [5.74, 6) is 1.34. The van der Waals surface area contributed by atoms with E-state index in [1.165, 1.54) is 11.6 Å². The number of ether oxygens (including phenoxy) is 1. The molecule has 6 nitrogen and oxygen atoms in total.